The van der Waals surface area contributed by atoms with Crippen molar-refractivity contribution in [3.05, 3.63) is 37.2 Å². The van der Waals surface area contributed by atoms with Crippen LogP contribution in [0.2, 0.25) is 0 Å². The average Bonchev–Trinajstić information content (AvgIpc) is 2.38. The molecule has 1 aromatic heterocycles. The van der Waals surface area contributed by atoms with Crippen molar-refractivity contribution < 1.29 is 0 Å². The van der Waals surface area contributed by atoms with E-state index in [4.69, 9.17) is 0 Å². The summed E-state index contributed by atoms with van der Waals surface area (Å²) in [7, 11) is 0. The number of anilines is 1. The van der Waals surface area contributed by atoms with E-state index >= 15 is 0 Å². The molecule has 18 heavy (non-hydrogen) atoms. The Labute approximate surface area is 121 Å². The molecule has 1 saturated heterocycles. The molecule has 0 unspecified atom stereocenters. The molecule has 2 rings (SSSR count). The molecular formula is C13H21Cl2N3. The van der Waals surface area contributed by atoms with Crippen LogP contribution in [-0.2, 0) is 0 Å². The second-order valence-corrected chi connectivity index (χ2v) is 4.13. The minimum Gasteiger partial charge on any atom is -0.363 e. The summed E-state index contributed by atoms with van der Waals surface area (Å²) in [6, 6.07) is 4.73. The van der Waals surface area contributed by atoms with Gasteiger partial charge in [0.25, 0.3) is 0 Å². The van der Waals surface area contributed by atoms with Crippen LogP contribution in [-0.4, -0.2) is 30.7 Å². The number of piperidine rings is 1. The van der Waals surface area contributed by atoms with Crippen LogP contribution < -0.4 is 10.2 Å². The van der Waals surface area contributed by atoms with Crippen molar-refractivity contribution in [2.75, 3.05) is 24.5 Å². The maximum absolute atomic E-state index is 4.19. The van der Waals surface area contributed by atoms with Gasteiger partial charge in [-0.25, -0.2) is 0 Å². The van der Waals surface area contributed by atoms with Gasteiger partial charge in [-0.1, -0.05) is 6.08 Å². The molecule has 0 spiro atoms. The van der Waals surface area contributed by atoms with E-state index in [-0.39, 0.29) is 24.8 Å². The molecule has 0 bridgehead atoms. The monoisotopic (exact) mass is 289 g/mol. The van der Waals surface area contributed by atoms with E-state index in [1.165, 1.54) is 18.5 Å². The number of nitrogens with one attached hydrogen (secondary N) is 1. The standard InChI is InChI=1S/C13H19N3.2ClH/c1-2-10-16(12-5-8-14-9-6-12)13-4-3-7-15-11-13;;/h2-4,7,11-12,14H,1,5-6,8-10H2;2*1H. The SMILES string of the molecule is C=CCN(c1cccnc1)C1CCNCC1.Cl.Cl. The topological polar surface area (TPSA) is 28.2 Å². The molecule has 1 aliphatic heterocycles. The van der Waals surface area contributed by atoms with Gasteiger partial charge in [-0.2, -0.15) is 0 Å². The Hall–Kier alpha value is -0.770. The Morgan fingerprint density at radius 1 is 1.39 bits per heavy atom. The molecular weight excluding hydrogens is 269 g/mol. The lowest BCUT2D eigenvalue weighted by Crippen LogP contribution is -2.43. The fraction of sp³-hybridized carbons (Fsp3) is 0.462. The van der Waals surface area contributed by atoms with Gasteiger partial charge in [0.15, 0.2) is 0 Å². The highest BCUT2D eigenvalue weighted by Gasteiger charge is 2.20. The highest BCUT2D eigenvalue weighted by Crippen LogP contribution is 2.20. The molecule has 0 atom stereocenters. The van der Waals surface area contributed by atoms with Crippen LogP contribution in [0.1, 0.15) is 12.8 Å². The summed E-state index contributed by atoms with van der Waals surface area (Å²) >= 11 is 0. The third kappa shape index (κ3) is 4.48. The van der Waals surface area contributed by atoms with E-state index in [0.717, 1.165) is 19.6 Å². The van der Waals surface area contributed by atoms with Crippen molar-refractivity contribution in [1.29, 1.82) is 0 Å². The zero-order valence-electron chi connectivity index (χ0n) is 10.4. The van der Waals surface area contributed by atoms with Crippen LogP contribution in [0.3, 0.4) is 0 Å². The second kappa shape index (κ2) is 9.20. The molecule has 1 aliphatic rings. The quantitative estimate of drug-likeness (QED) is 0.864. The fourth-order valence-corrected chi connectivity index (χ4v) is 2.25. The van der Waals surface area contributed by atoms with Gasteiger partial charge in [-0.3, -0.25) is 4.98 Å². The largest absolute Gasteiger partial charge is 0.363 e. The first-order valence-electron chi connectivity index (χ1n) is 5.90. The van der Waals surface area contributed by atoms with E-state index < -0.39 is 0 Å². The van der Waals surface area contributed by atoms with Gasteiger partial charge in [-0.15, -0.1) is 31.4 Å². The number of hydrogen-bond donors (Lipinski definition) is 1. The van der Waals surface area contributed by atoms with Crippen LogP contribution in [0, 0.1) is 0 Å². The minimum atomic E-state index is 0. The highest BCUT2D eigenvalue weighted by molar-refractivity contribution is 5.85. The number of halogens is 2. The van der Waals surface area contributed by atoms with Crippen molar-refractivity contribution in [2.45, 2.75) is 18.9 Å². The maximum atomic E-state index is 4.19. The maximum Gasteiger partial charge on any atom is 0.0558 e. The van der Waals surface area contributed by atoms with E-state index in [0.29, 0.717) is 6.04 Å². The van der Waals surface area contributed by atoms with Crippen molar-refractivity contribution in [2.24, 2.45) is 0 Å². The highest BCUT2D eigenvalue weighted by atomic mass is 35.5. The number of pyridine rings is 1. The van der Waals surface area contributed by atoms with E-state index in [1.54, 1.807) is 0 Å². The summed E-state index contributed by atoms with van der Waals surface area (Å²) in [4.78, 5) is 6.59. The first-order valence-corrected chi connectivity index (χ1v) is 5.90. The fourth-order valence-electron chi connectivity index (χ4n) is 2.25. The molecule has 1 fully saturated rings. The molecule has 0 aliphatic carbocycles. The first kappa shape index (κ1) is 17.2. The molecule has 0 saturated carbocycles. The normalized spacial score (nSPS) is 15.1. The average molecular weight is 290 g/mol. The number of rotatable bonds is 4. The van der Waals surface area contributed by atoms with Crippen LogP contribution >= 0.6 is 24.8 Å². The van der Waals surface area contributed by atoms with Gasteiger partial charge in [0.05, 0.1) is 11.9 Å². The van der Waals surface area contributed by atoms with Crippen LogP contribution in [0.4, 0.5) is 5.69 Å². The predicted octanol–water partition coefficient (Wildman–Crippen LogP) is 2.67. The molecule has 0 aromatic carbocycles. The molecule has 1 N–H and O–H groups in total. The molecule has 2 heterocycles. The molecule has 0 radical (unpaired) electrons. The van der Waals surface area contributed by atoms with Crippen molar-refractivity contribution in [1.82, 2.24) is 10.3 Å². The molecule has 3 nitrogen and oxygen atoms in total. The molecule has 0 amide bonds. The summed E-state index contributed by atoms with van der Waals surface area (Å²) in [5, 5.41) is 3.40. The summed E-state index contributed by atoms with van der Waals surface area (Å²) in [6.45, 7) is 6.96. The lowest BCUT2D eigenvalue weighted by atomic mass is 10.0. The van der Waals surface area contributed by atoms with Gasteiger partial charge in [0.1, 0.15) is 0 Å². The van der Waals surface area contributed by atoms with Crippen LogP contribution in [0.5, 0.6) is 0 Å². The zero-order valence-corrected chi connectivity index (χ0v) is 12.1. The van der Waals surface area contributed by atoms with Crippen LogP contribution in [0.25, 0.3) is 0 Å². The van der Waals surface area contributed by atoms with Gasteiger partial charge >= 0.3 is 0 Å². The van der Waals surface area contributed by atoms with Gasteiger partial charge in [0, 0.05) is 18.8 Å². The lowest BCUT2D eigenvalue weighted by Gasteiger charge is -2.35. The van der Waals surface area contributed by atoms with Gasteiger partial charge in [0.2, 0.25) is 0 Å². The van der Waals surface area contributed by atoms with Gasteiger partial charge < -0.3 is 10.2 Å². The molecule has 5 heteroatoms. The Kier molecular flexibility index (Phi) is 8.81. The van der Waals surface area contributed by atoms with E-state index in [1.807, 2.05) is 24.5 Å². The molecule has 102 valence electrons. The Balaban J connectivity index is 0.00000144. The minimum absolute atomic E-state index is 0. The first-order chi connectivity index (χ1) is 7.92. The third-order valence-electron chi connectivity index (χ3n) is 3.05. The Morgan fingerprint density at radius 3 is 2.67 bits per heavy atom. The van der Waals surface area contributed by atoms with Crippen molar-refractivity contribution >= 4 is 30.5 Å². The van der Waals surface area contributed by atoms with Crippen molar-refractivity contribution in [3.8, 4) is 0 Å². The number of aromatic nitrogens is 1. The van der Waals surface area contributed by atoms with E-state index in [9.17, 15) is 0 Å². The van der Waals surface area contributed by atoms with E-state index in [2.05, 4.69) is 27.8 Å². The third-order valence-corrected chi connectivity index (χ3v) is 3.05. The van der Waals surface area contributed by atoms with Crippen LogP contribution in [0.15, 0.2) is 37.2 Å². The van der Waals surface area contributed by atoms with Gasteiger partial charge in [-0.05, 0) is 38.1 Å². The number of nitrogens with zero attached hydrogens (tertiary/aromatic N) is 2. The Morgan fingerprint density at radius 2 is 2.11 bits per heavy atom. The summed E-state index contributed by atoms with van der Waals surface area (Å²) in [5.74, 6) is 0. The second-order valence-electron chi connectivity index (χ2n) is 4.13. The predicted molar refractivity (Wildman–Crippen MR) is 82.2 cm³/mol. The molecule has 1 aromatic rings. The smallest absolute Gasteiger partial charge is 0.0558 e. The summed E-state index contributed by atoms with van der Waals surface area (Å²) in [6.07, 6.45) is 8.12. The lowest BCUT2D eigenvalue weighted by molar-refractivity contribution is 0.437. The Bertz CT molecular complexity index is 326. The number of hydrogen-bond acceptors (Lipinski definition) is 3. The zero-order chi connectivity index (χ0) is 11.2. The van der Waals surface area contributed by atoms with Crippen molar-refractivity contribution in [3.63, 3.8) is 0 Å². The summed E-state index contributed by atoms with van der Waals surface area (Å²) < 4.78 is 0. The summed E-state index contributed by atoms with van der Waals surface area (Å²) in [5.41, 5.74) is 1.20.